The van der Waals surface area contributed by atoms with E-state index in [-0.39, 0.29) is 18.4 Å². The van der Waals surface area contributed by atoms with E-state index in [1.165, 1.54) is 17.7 Å². The van der Waals surface area contributed by atoms with Gasteiger partial charge in [-0.15, -0.1) is 0 Å². The third-order valence-electron chi connectivity index (χ3n) is 7.83. The summed E-state index contributed by atoms with van der Waals surface area (Å²) in [6.45, 7) is 13.7. The highest BCUT2D eigenvalue weighted by atomic mass is 19.1. The Balaban J connectivity index is 1.64. The van der Waals surface area contributed by atoms with Crippen molar-refractivity contribution < 1.29 is 23.4 Å². The molecule has 3 atom stereocenters. The summed E-state index contributed by atoms with van der Waals surface area (Å²) in [5.74, 6) is -0.724. The number of aryl methyl sites for hydroxylation is 2. The third-order valence-corrected chi connectivity index (χ3v) is 7.83. The number of aliphatic hydroxyl groups is 1. The van der Waals surface area contributed by atoms with Gasteiger partial charge in [-0.3, -0.25) is 0 Å². The van der Waals surface area contributed by atoms with Gasteiger partial charge in [0.15, 0.2) is 0 Å². The van der Waals surface area contributed by atoms with Crippen LogP contribution in [0.25, 0.3) is 0 Å². The second-order valence-electron chi connectivity index (χ2n) is 13.7. The maximum absolute atomic E-state index is 14.0. The molecule has 1 aliphatic rings. The van der Waals surface area contributed by atoms with Crippen LogP contribution >= 0.6 is 0 Å². The lowest BCUT2D eigenvalue weighted by atomic mass is 9.73. The maximum Gasteiger partial charge on any atom is 0.407 e. The molecule has 1 aliphatic carbocycles. The van der Waals surface area contributed by atoms with E-state index < -0.39 is 41.0 Å². The lowest BCUT2D eigenvalue weighted by Crippen LogP contribution is -2.55. The maximum atomic E-state index is 14.0. The highest BCUT2D eigenvalue weighted by Crippen LogP contribution is 2.37. The van der Waals surface area contributed by atoms with E-state index in [9.17, 15) is 18.7 Å². The summed E-state index contributed by atoms with van der Waals surface area (Å²) >= 11 is 0. The van der Waals surface area contributed by atoms with Gasteiger partial charge in [0.2, 0.25) is 0 Å². The molecule has 3 aromatic rings. The van der Waals surface area contributed by atoms with Crippen LogP contribution in [0, 0.1) is 18.6 Å². The summed E-state index contributed by atoms with van der Waals surface area (Å²) in [5, 5.41) is 17.9. The lowest BCUT2D eigenvalue weighted by molar-refractivity contribution is 0.0411. The fraction of sp³-hybridized carbons (Fsp3) is 0.500. The topological polar surface area (TPSA) is 96.4 Å². The molecule has 1 heterocycles. The number of ether oxygens (including phenoxy) is 1. The van der Waals surface area contributed by atoms with Crippen molar-refractivity contribution in [1.29, 1.82) is 0 Å². The van der Waals surface area contributed by atoms with Gasteiger partial charge in [-0.1, -0.05) is 45.0 Å². The quantitative estimate of drug-likeness (QED) is 0.304. The van der Waals surface area contributed by atoms with E-state index in [0.717, 1.165) is 41.6 Å². The van der Waals surface area contributed by atoms with Crippen LogP contribution in [0.5, 0.6) is 0 Å². The molecule has 0 saturated heterocycles. The van der Waals surface area contributed by atoms with Gasteiger partial charge in [0, 0.05) is 30.0 Å². The molecule has 7 nitrogen and oxygen atoms in total. The van der Waals surface area contributed by atoms with Gasteiger partial charge in [0.05, 0.1) is 12.1 Å². The Morgan fingerprint density at radius 1 is 1.09 bits per heavy atom. The van der Waals surface area contributed by atoms with E-state index in [0.29, 0.717) is 12.0 Å². The van der Waals surface area contributed by atoms with Crippen LogP contribution in [0.1, 0.15) is 81.7 Å². The number of hydrogen-bond acceptors (Lipinski definition) is 6. The standard InChI is InChI=1S/C34H44F2N4O3/c1-21-37-19-23-18-34(12-11-28(23)39-21,25-10-8-9-24(16-25)32(2,3)4)38-20-30(41)29(40-31(42)43-33(5,6)7)15-22-13-26(35)17-27(36)14-22/h8-10,13-14,16-17,19,29-30,38,41H,11-12,15,18,20H2,1-7H3,(H,40,42)/t29-,30+,34?/m0/s1. The van der Waals surface area contributed by atoms with Crippen LogP contribution in [-0.4, -0.2) is 45.5 Å². The molecule has 43 heavy (non-hydrogen) atoms. The summed E-state index contributed by atoms with van der Waals surface area (Å²) in [4.78, 5) is 21.9. The minimum absolute atomic E-state index is 0.000765. The van der Waals surface area contributed by atoms with Gasteiger partial charge in [-0.05, 0) is 93.2 Å². The van der Waals surface area contributed by atoms with Crippen molar-refractivity contribution in [2.24, 2.45) is 0 Å². The Morgan fingerprint density at radius 3 is 2.44 bits per heavy atom. The normalized spacial score (nSPS) is 18.5. The molecular formula is C34H44F2N4O3. The second-order valence-corrected chi connectivity index (χ2v) is 13.7. The molecule has 1 amide bonds. The van der Waals surface area contributed by atoms with Crippen molar-refractivity contribution >= 4 is 6.09 Å². The first kappa shape index (κ1) is 32.5. The number of fused-ring (bicyclic) bond motifs is 1. The summed E-state index contributed by atoms with van der Waals surface area (Å²) in [5.41, 5.74) is 3.28. The number of nitrogens with one attached hydrogen (secondary N) is 2. The van der Waals surface area contributed by atoms with Crippen LogP contribution in [0.2, 0.25) is 0 Å². The summed E-state index contributed by atoms with van der Waals surface area (Å²) < 4.78 is 33.5. The highest BCUT2D eigenvalue weighted by Gasteiger charge is 2.38. The minimum Gasteiger partial charge on any atom is -0.444 e. The molecular weight excluding hydrogens is 550 g/mol. The molecule has 0 aliphatic heterocycles. The zero-order valence-electron chi connectivity index (χ0n) is 26.2. The molecule has 0 bridgehead atoms. The number of carbonyl (C=O) groups is 1. The van der Waals surface area contributed by atoms with E-state index in [1.54, 1.807) is 20.8 Å². The Labute approximate surface area is 253 Å². The highest BCUT2D eigenvalue weighted by molar-refractivity contribution is 5.68. The molecule has 4 rings (SSSR count). The first-order chi connectivity index (χ1) is 20.0. The monoisotopic (exact) mass is 594 g/mol. The first-order valence-corrected chi connectivity index (χ1v) is 14.8. The Hall–Kier alpha value is -3.43. The number of halogens is 2. The Morgan fingerprint density at radius 2 is 1.79 bits per heavy atom. The Kier molecular flexibility index (Phi) is 9.57. The average molecular weight is 595 g/mol. The number of carbonyl (C=O) groups excluding carboxylic acids is 1. The van der Waals surface area contributed by atoms with E-state index in [4.69, 9.17) is 4.74 Å². The van der Waals surface area contributed by atoms with Crippen LogP contribution in [0.4, 0.5) is 13.6 Å². The number of amides is 1. The molecule has 9 heteroatoms. The van der Waals surface area contributed by atoms with Gasteiger partial charge in [0.25, 0.3) is 0 Å². The number of aliphatic hydroxyl groups excluding tert-OH is 1. The molecule has 232 valence electrons. The molecule has 0 spiro atoms. The summed E-state index contributed by atoms with van der Waals surface area (Å²) in [7, 11) is 0. The number of benzene rings is 2. The van der Waals surface area contributed by atoms with Crippen molar-refractivity contribution in [3.05, 3.63) is 94.1 Å². The number of nitrogens with zero attached hydrogens (tertiary/aromatic N) is 2. The van der Waals surface area contributed by atoms with Crippen LogP contribution < -0.4 is 10.6 Å². The zero-order chi connectivity index (χ0) is 31.6. The lowest BCUT2D eigenvalue weighted by Gasteiger charge is -2.41. The summed E-state index contributed by atoms with van der Waals surface area (Å²) in [6, 6.07) is 10.8. The van der Waals surface area contributed by atoms with Gasteiger partial charge in [-0.2, -0.15) is 0 Å². The van der Waals surface area contributed by atoms with Gasteiger partial charge < -0.3 is 20.5 Å². The predicted molar refractivity (Wildman–Crippen MR) is 163 cm³/mol. The zero-order valence-corrected chi connectivity index (χ0v) is 26.2. The average Bonchev–Trinajstić information content (AvgIpc) is 2.89. The fourth-order valence-electron chi connectivity index (χ4n) is 5.60. The van der Waals surface area contributed by atoms with Crippen molar-refractivity contribution in [2.45, 2.75) is 103 Å². The predicted octanol–water partition coefficient (Wildman–Crippen LogP) is 5.83. The van der Waals surface area contributed by atoms with Crippen LogP contribution in [0.3, 0.4) is 0 Å². The second kappa shape index (κ2) is 12.7. The number of hydrogen-bond donors (Lipinski definition) is 3. The molecule has 1 aromatic heterocycles. The van der Waals surface area contributed by atoms with Crippen LogP contribution in [-0.2, 0) is 35.0 Å². The minimum atomic E-state index is -1.11. The van der Waals surface area contributed by atoms with E-state index in [1.807, 2.05) is 13.1 Å². The van der Waals surface area contributed by atoms with Crippen molar-refractivity contribution in [1.82, 2.24) is 20.6 Å². The molecule has 2 aromatic carbocycles. The van der Waals surface area contributed by atoms with Crippen molar-refractivity contribution in [2.75, 3.05) is 6.54 Å². The molecule has 1 unspecified atom stereocenters. The SMILES string of the molecule is Cc1ncc2c(n1)CCC(NC[C@@H](O)[C@H](Cc1cc(F)cc(F)c1)NC(=O)OC(C)(C)C)(c1cccc(C(C)(C)C)c1)C2. The number of aromatic nitrogens is 2. The Bertz CT molecular complexity index is 1430. The van der Waals surface area contributed by atoms with Crippen LogP contribution in [0.15, 0.2) is 48.7 Å². The number of rotatable bonds is 8. The smallest absolute Gasteiger partial charge is 0.407 e. The van der Waals surface area contributed by atoms with Gasteiger partial charge >= 0.3 is 6.09 Å². The summed E-state index contributed by atoms with van der Waals surface area (Å²) in [6.07, 6.45) is 2.11. The molecule has 0 saturated carbocycles. The van der Waals surface area contributed by atoms with Crippen molar-refractivity contribution in [3.8, 4) is 0 Å². The van der Waals surface area contributed by atoms with E-state index in [2.05, 4.69) is 65.6 Å². The number of alkyl carbamates (subject to hydrolysis) is 1. The van der Waals surface area contributed by atoms with Gasteiger partial charge in [0.1, 0.15) is 23.1 Å². The largest absolute Gasteiger partial charge is 0.444 e. The molecule has 3 N–H and O–H groups in total. The van der Waals surface area contributed by atoms with Gasteiger partial charge in [-0.25, -0.2) is 23.5 Å². The first-order valence-electron chi connectivity index (χ1n) is 14.8. The van der Waals surface area contributed by atoms with E-state index >= 15 is 0 Å². The van der Waals surface area contributed by atoms with Crippen molar-refractivity contribution in [3.63, 3.8) is 0 Å². The molecule has 0 radical (unpaired) electrons. The molecule has 0 fully saturated rings. The fourth-order valence-corrected chi connectivity index (χ4v) is 5.60. The third kappa shape index (κ3) is 8.57.